The Hall–Kier alpha value is -1.72. The van der Waals surface area contributed by atoms with Crippen molar-refractivity contribution < 1.29 is 23.7 Å². The lowest BCUT2D eigenvalue weighted by atomic mass is 9.90. The van der Waals surface area contributed by atoms with E-state index in [2.05, 4.69) is 0 Å². The highest BCUT2D eigenvalue weighted by molar-refractivity contribution is 5.21. The van der Waals surface area contributed by atoms with Crippen LogP contribution < -0.4 is 4.74 Å². The number of allylic oxidation sites excluding steroid dienone is 2. The maximum atomic E-state index is 14.0. The van der Waals surface area contributed by atoms with Gasteiger partial charge in [-0.15, -0.1) is 0 Å². The summed E-state index contributed by atoms with van der Waals surface area (Å²) in [5.41, 5.74) is 0. The third-order valence-electron chi connectivity index (χ3n) is 4.30. The van der Waals surface area contributed by atoms with Crippen LogP contribution in [0.3, 0.4) is 0 Å². The first-order valence-corrected chi connectivity index (χ1v) is 8.15. The monoisotopic (exact) mass is 338 g/mol. The van der Waals surface area contributed by atoms with Gasteiger partial charge in [-0.2, -0.15) is 8.78 Å². The second-order valence-electron chi connectivity index (χ2n) is 6.14. The first kappa shape index (κ1) is 18.6. The zero-order chi connectivity index (χ0) is 17.6. The van der Waals surface area contributed by atoms with E-state index in [9.17, 15) is 19.0 Å². The normalized spacial score (nSPS) is 28.0. The molecule has 2 rings (SSSR count). The summed E-state index contributed by atoms with van der Waals surface area (Å²) in [5.74, 6) is -3.50. The van der Waals surface area contributed by atoms with Gasteiger partial charge in [0.05, 0.1) is 12.2 Å². The Balaban J connectivity index is 1.98. The second kappa shape index (κ2) is 8.40. The topological polar surface area (TPSA) is 49.7 Å². The summed E-state index contributed by atoms with van der Waals surface area (Å²) >= 11 is 0. The molecule has 0 heterocycles. The Bertz CT molecular complexity index is 557. The molecule has 1 aromatic carbocycles. The van der Waals surface area contributed by atoms with Crippen LogP contribution in [-0.2, 0) is 0 Å². The van der Waals surface area contributed by atoms with Crippen LogP contribution in [0.15, 0.2) is 54.6 Å². The highest BCUT2D eigenvalue weighted by atomic mass is 19.3. The molecule has 1 aliphatic rings. The van der Waals surface area contributed by atoms with Crippen molar-refractivity contribution in [1.82, 2.24) is 0 Å². The van der Waals surface area contributed by atoms with Gasteiger partial charge in [0.15, 0.2) is 6.61 Å². The van der Waals surface area contributed by atoms with Crippen LogP contribution in [0.2, 0.25) is 0 Å². The number of aliphatic hydroxyl groups excluding tert-OH is 2. The van der Waals surface area contributed by atoms with E-state index in [4.69, 9.17) is 4.74 Å². The number of ether oxygens (including phenoxy) is 1. The molecule has 24 heavy (non-hydrogen) atoms. The van der Waals surface area contributed by atoms with Crippen molar-refractivity contribution >= 4 is 0 Å². The summed E-state index contributed by atoms with van der Waals surface area (Å²) in [7, 11) is 0. The van der Waals surface area contributed by atoms with E-state index in [1.54, 1.807) is 30.3 Å². The Kier molecular flexibility index (Phi) is 6.52. The first-order chi connectivity index (χ1) is 11.4. The van der Waals surface area contributed by atoms with Gasteiger partial charge in [-0.1, -0.05) is 36.4 Å². The van der Waals surface area contributed by atoms with Gasteiger partial charge >= 0.3 is 0 Å². The Morgan fingerprint density at radius 2 is 1.92 bits per heavy atom. The van der Waals surface area contributed by atoms with Gasteiger partial charge in [-0.05, 0) is 37.5 Å². The molecule has 0 aliphatic heterocycles. The molecule has 2 N–H and O–H groups in total. The average Bonchev–Trinajstić information content (AvgIpc) is 2.83. The van der Waals surface area contributed by atoms with Crippen molar-refractivity contribution in [2.45, 2.75) is 37.9 Å². The van der Waals surface area contributed by atoms with Crippen LogP contribution in [0.1, 0.15) is 19.8 Å². The Labute approximate surface area is 141 Å². The van der Waals surface area contributed by atoms with E-state index in [0.29, 0.717) is 12.2 Å². The van der Waals surface area contributed by atoms with Crippen molar-refractivity contribution in [1.29, 1.82) is 0 Å². The minimum atomic E-state index is -3.14. The van der Waals surface area contributed by atoms with E-state index in [0.717, 1.165) is 6.08 Å². The molecule has 0 radical (unpaired) electrons. The number of alkyl halides is 2. The van der Waals surface area contributed by atoms with E-state index >= 15 is 0 Å². The highest BCUT2D eigenvalue weighted by Crippen LogP contribution is 2.37. The standard InChI is InChI=1S/C19H24F2O3/c1-2-3-9-15-16(18(23)12-17(15)22)10-11-19(20,21)13-24-14-7-5-4-6-8-14/h2-8,10-11,15-18,22-23H,9,12-13H2,1H3/b3-2-,11-10+/t15-,16-,17+,18-/m1/s1. The van der Waals surface area contributed by atoms with Gasteiger partial charge in [0.1, 0.15) is 5.75 Å². The van der Waals surface area contributed by atoms with E-state index < -0.39 is 30.7 Å². The minimum absolute atomic E-state index is 0.212. The minimum Gasteiger partial charge on any atom is -0.487 e. The number of benzene rings is 1. The largest absolute Gasteiger partial charge is 0.487 e. The van der Waals surface area contributed by atoms with Crippen LogP contribution in [0.25, 0.3) is 0 Å². The fourth-order valence-corrected chi connectivity index (χ4v) is 3.00. The zero-order valence-corrected chi connectivity index (χ0v) is 13.7. The Morgan fingerprint density at radius 3 is 2.58 bits per heavy atom. The maximum absolute atomic E-state index is 14.0. The van der Waals surface area contributed by atoms with Crippen molar-refractivity contribution in [2.75, 3.05) is 6.61 Å². The summed E-state index contributed by atoms with van der Waals surface area (Å²) in [4.78, 5) is 0. The fraction of sp³-hybridized carbons (Fsp3) is 0.474. The number of aliphatic hydroxyl groups is 2. The van der Waals surface area contributed by atoms with Crippen LogP contribution in [-0.4, -0.2) is 35.0 Å². The summed E-state index contributed by atoms with van der Waals surface area (Å²) in [5, 5.41) is 20.0. The van der Waals surface area contributed by atoms with Gasteiger partial charge in [-0.25, -0.2) is 0 Å². The molecule has 0 aromatic heterocycles. The molecular formula is C19H24F2O3. The molecule has 5 heteroatoms. The fourth-order valence-electron chi connectivity index (χ4n) is 3.00. The summed E-state index contributed by atoms with van der Waals surface area (Å²) in [6.07, 6.45) is 5.11. The number of para-hydroxylation sites is 1. The maximum Gasteiger partial charge on any atom is 0.299 e. The SMILES string of the molecule is C/C=C\C[C@@H]1[C@@H](/C=C/C(F)(F)COc2ccccc2)[C@H](O)C[C@@H]1O. The predicted molar refractivity (Wildman–Crippen MR) is 89.1 cm³/mol. The molecule has 0 saturated heterocycles. The van der Waals surface area contributed by atoms with E-state index in [-0.39, 0.29) is 12.3 Å². The van der Waals surface area contributed by atoms with Gasteiger partial charge in [0, 0.05) is 12.3 Å². The lowest BCUT2D eigenvalue weighted by Crippen LogP contribution is -2.25. The van der Waals surface area contributed by atoms with Gasteiger partial charge in [-0.3, -0.25) is 0 Å². The molecule has 1 aliphatic carbocycles. The first-order valence-electron chi connectivity index (χ1n) is 8.15. The van der Waals surface area contributed by atoms with Crippen molar-refractivity contribution in [3.8, 4) is 5.75 Å². The summed E-state index contributed by atoms with van der Waals surface area (Å²) in [6, 6.07) is 8.44. The predicted octanol–water partition coefficient (Wildman–Crippen LogP) is 3.58. The molecule has 0 amide bonds. The molecule has 0 unspecified atom stereocenters. The lowest BCUT2D eigenvalue weighted by Gasteiger charge is -2.20. The van der Waals surface area contributed by atoms with Crippen molar-refractivity contribution in [2.24, 2.45) is 11.8 Å². The van der Waals surface area contributed by atoms with Crippen molar-refractivity contribution in [3.63, 3.8) is 0 Å². The lowest BCUT2D eigenvalue weighted by molar-refractivity contribution is 0.00404. The van der Waals surface area contributed by atoms with Gasteiger partial charge < -0.3 is 14.9 Å². The zero-order valence-electron chi connectivity index (χ0n) is 13.7. The molecule has 1 fully saturated rings. The summed E-state index contributed by atoms with van der Waals surface area (Å²) in [6.45, 7) is 1.09. The molecule has 1 saturated carbocycles. The molecule has 0 spiro atoms. The second-order valence-corrected chi connectivity index (χ2v) is 6.14. The quantitative estimate of drug-likeness (QED) is 0.747. The van der Waals surface area contributed by atoms with Crippen LogP contribution in [0.4, 0.5) is 8.78 Å². The molecule has 1 aromatic rings. The Morgan fingerprint density at radius 1 is 1.21 bits per heavy atom. The average molecular weight is 338 g/mol. The molecule has 3 nitrogen and oxygen atoms in total. The van der Waals surface area contributed by atoms with E-state index in [1.165, 1.54) is 6.08 Å². The molecular weight excluding hydrogens is 314 g/mol. The molecule has 0 bridgehead atoms. The number of hydrogen-bond acceptors (Lipinski definition) is 3. The number of halogens is 2. The van der Waals surface area contributed by atoms with Crippen molar-refractivity contribution in [3.05, 3.63) is 54.6 Å². The van der Waals surface area contributed by atoms with Crippen LogP contribution in [0.5, 0.6) is 5.75 Å². The highest BCUT2D eigenvalue weighted by Gasteiger charge is 2.40. The molecule has 132 valence electrons. The third-order valence-corrected chi connectivity index (χ3v) is 4.30. The van der Waals surface area contributed by atoms with Gasteiger partial charge in [0.2, 0.25) is 0 Å². The van der Waals surface area contributed by atoms with E-state index in [1.807, 2.05) is 19.1 Å². The molecule has 4 atom stereocenters. The van der Waals surface area contributed by atoms with Crippen LogP contribution >= 0.6 is 0 Å². The smallest absolute Gasteiger partial charge is 0.299 e. The summed E-state index contributed by atoms with van der Waals surface area (Å²) < 4.78 is 33.1. The van der Waals surface area contributed by atoms with Gasteiger partial charge in [0.25, 0.3) is 5.92 Å². The van der Waals surface area contributed by atoms with Crippen LogP contribution in [0, 0.1) is 11.8 Å². The number of rotatable bonds is 7. The number of hydrogen-bond donors (Lipinski definition) is 2. The third kappa shape index (κ3) is 5.14.